The summed E-state index contributed by atoms with van der Waals surface area (Å²) in [6.45, 7) is 3.32. The van der Waals surface area contributed by atoms with E-state index in [-0.39, 0.29) is 5.97 Å². The van der Waals surface area contributed by atoms with Gasteiger partial charge in [-0.2, -0.15) is 0 Å². The molecule has 0 amide bonds. The first-order valence-electron chi connectivity index (χ1n) is 3.68. The van der Waals surface area contributed by atoms with E-state index < -0.39 is 0 Å². The monoisotopic (exact) mass is 165 g/mol. The molecule has 3 nitrogen and oxygen atoms in total. The number of rotatable bonds is 2. The molecule has 3 heteroatoms. The summed E-state index contributed by atoms with van der Waals surface area (Å²) in [6, 6.07) is 7.58. The van der Waals surface area contributed by atoms with Gasteiger partial charge in [0, 0.05) is 6.92 Å². The van der Waals surface area contributed by atoms with Crippen LogP contribution in [0.5, 0.6) is 0 Å². The SMILES string of the molecule is CC(=O)ONc1cccc(C)c1. The van der Waals surface area contributed by atoms with Gasteiger partial charge in [-0.3, -0.25) is 4.79 Å². The highest BCUT2D eigenvalue weighted by Gasteiger charge is 1.93. The van der Waals surface area contributed by atoms with Gasteiger partial charge in [-0.05, 0) is 24.6 Å². The Kier molecular flexibility index (Phi) is 2.69. The Morgan fingerprint density at radius 2 is 2.25 bits per heavy atom. The highest BCUT2D eigenvalue weighted by atomic mass is 16.7. The Morgan fingerprint density at radius 3 is 2.83 bits per heavy atom. The Balaban J connectivity index is 2.57. The molecule has 0 aliphatic carbocycles. The predicted molar refractivity (Wildman–Crippen MR) is 46.6 cm³/mol. The minimum atomic E-state index is -0.350. The van der Waals surface area contributed by atoms with Crippen molar-refractivity contribution in [1.29, 1.82) is 0 Å². The molecular weight excluding hydrogens is 154 g/mol. The molecule has 0 spiro atoms. The van der Waals surface area contributed by atoms with E-state index in [9.17, 15) is 4.79 Å². The van der Waals surface area contributed by atoms with E-state index in [2.05, 4.69) is 10.3 Å². The third kappa shape index (κ3) is 2.62. The number of anilines is 1. The molecule has 0 aromatic heterocycles. The van der Waals surface area contributed by atoms with Gasteiger partial charge in [-0.25, -0.2) is 5.48 Å². The van der Waals surface area contributed by atoms with Crippen LogP contribution >= 0.6 is 0 Å². The lowest BCUT2D eigenvalue weighted by atomic mass is 10.2. The largest absolute Gasteiger partial charge is 0.344 e. The topological polar surface area (TPSA) is 38.3 Å². The zero-order chi connectivity index (χ0) is 8.97. The molecule has 12 heavy (non-hydrogen) atoms. The first kappa shape index (κ1) is 8.59. The maximum Gasteiger partial charge on any atom is 0.329 e. The van der Waals surface area contributed by atoms with Gasteiger partial charge in [0.05, 0.1) is 5.69 Å². The van der Waals surface area contributed by atoms with Crippen molar-refractivity contribution in [3.05, 3.63) is 29.8 Å². The zero-order valence-electron chi connectivity index (χ0n) is 7.13. The van der Waals surface area contributed by atoms with Crippen LogP contribution in [0.2, 0.25) is 0 Å². The number of benzene rings is 1. The maximum atomic E-state index is 10.4. The fraction of sp³-hybridized carbons (Fsp3) is 0.222. The number of carbonyl (C=O) groups is 1. The van der Waals surface area contributed by atoms with Gasteiger partial charge in [0.2, 0.25) is 0 Å². The molecule has 0 fully saturated rings. The van der Waals surface area contributed by atoms with Crippen LogP contribution in [-0.2, 0) is 9.63 Å². The van der Waals surface area contributed by atoms with E-state index >= 15 is 0 Å². The van der Waals surface area contributed by atoms with Crippen LogP contribution in [0.15, 0.2) is 24.3 Å². The van der Waals surface area contributed by atoms with Crippen molar-refractivity contribution in [3.63, 3.8) is 0 Å². The van der Waals surface area contributed by atoms with Crippen LogP contribution in [0.25, 0.3) is 0 Å². The van der Waals surface area contributed by atoms with E-state index in [1.807, 2.05) is 31.2 Å². The molecule has 0 radical (unpaired) electrons. The maximum absolute atomic E-state index is 10.4. The van der Waals surface area contributed by atoms with E-state index in [1.165, 1.54) is 6.92 Å². The van der Waals surface area contributed by atoms with Crippen molar-refractivity contribution >= 4 is 11.7 Å². The van der Waals surface area contributed by atoms with Crippen LogP contribution in [0, 0.1) is 6.92 Å². The van der Waals surface area contributed by atoms with Crippen LogP contribution in [0.3, 0.4) is 0 Å². The quantitative estimate of drug-likeness (QED) is 0.680. The van der Waals surface area contributed by atoms with E-state index in [0.29, 0.717) is 0 Å². The van der Waals surface area contributed by atoms with E-state index in [0.717, 1.165) is 11.3 Å². The lowest BCUT2D eigenvalue weighted by molar-refractivity contribution is -0.138. The molecule has 0 saturated heterocycles. The van der Waals surface area contributed by atoms with E-state index in [1.54, 1.807) is 0 Å². The summed E-state index contributed by atoms with van der Waals surface area (Å²) in [5, 5.41) is 0. The highest BCUT2D eigenvalue weighted by molar-refractivity contribution is 5.67. The Bertz CT molecular complexity index is 284. The molecule has 0 aliphatic rings. The molecule has 0 saturated carbocycles. The number of nitrogens with one attached hydrogen (secondary N) is 1. The summed E-state index contributed by atoms with van der Waals surface area (Å²) in [6.07, 6.45) is 0. The first-order valence-corrected chi connectivity index (χ1v) is 3.68. The van der Waals surface area contributed by atoms with Crippen LogP contribution in [0.1, 0.15) is 12.5 Å². The van der Waals surface area contributed by atoms with Gasteiger partial charge in [0.15, 0.2) is 0 Å². The van der Waals surface area contributed by atoms with Crippen molar-refractivity contribution in [2.24, 2.45) is 0 Å². The molecule has 1 aromatic rings. The summed E-state index contributed by atoms with van der Waals surface area (Å²) in [7, 11) is 0. The molecule has 0 atom stereocenters. The predicted octanol–water partition coefficient (Wildman–Crippen LogP) is 1.89. The molecular formula is C9H11NO2. The third-order valence-corrected chi connectivity index (χ3v) is 1.33. The van der Waals surface area contributed by atoms with Crippen molar-refractivity contribution < 1.29 is 9.63 Å². The van der Waals surface area contributed by atoms with Crippen molar-refractivity contribution in [1.82, 2.24) is 0 Å². The lowest BCUT2D eigenvalue weighted by Crippen LogP contribution is -2.05. The molecule has 0 heterocycles. The number of carbonyl (C=O) groups excluding carboxylic acids is 1. The minimum absolute atomic E-state index is 0.350. The molecule has 0 unspecified atom stereocenters. The normalized spacial score (nSPS) is 9.17. The number of hydrogen-bond donors (Lipinski definition) is 1. The molecule has 1 N–H and O–H groups in total. The fourth-order valence-electron chi connectivity index (χ4n) is 0.839. The average molecular weight is 165 g/mol. The Morgan fingerprint density at radius 1 is 1.50 bits per heavy atom. The second-order valence-corrected chi connectivity index (χ2v) is 2.57. The fourth-order valence-corrected chi connectivity index (χ4v) is 0.839. The zero-order valence-corrected chi connectivity index (χ0v) is 7.13. The van der Waals surface area contributed by atoms with Crippen LogP contribution in [-0.4, -0.2) is 5.97 Å². The summed E-state index contributed by atoms with van der Waals surface area (Å²) in [4.78, 5) is 15.0. The molecule has 0 aliphatic heterocycles. The second-order valence-electron chi connectivity index (χ2n) is 2.57. The minimum Gasteiger partial charge on any atom is -0.344 e. The van der Waals surface area contributed by atoms with Gasteiger partial charge < -0.3 is 4.84 Å². The van der Waals surface area contributed by atoms with Crippen molar-refractivity contribution in [3.8, 4) is 0 Å². The number of aryl methyl sites for hydroxylation is 1. The lowest BCUT2D eigenvalue weighted by Gasteiger charge is -2.04. The van der Waals surface area contributed by atoms with Gasteiger partial charge in [0.1, 0.15) is 0 Å². The standard InChI is InChI=1S/C9H11NO2/c1-7-4-3-5-9(6-7)10-12-8(2)11/h3-6,10H,1-2H3. The Labute approximate surface area is 71.3 Å². The number of hydrogen-bond acceptors (Lipinski definition) is 3. The van der Waals surface area contributed by atoms with Crippen molar-refractivity contribution in [2.45, 2.75) is 13.8 Å². The van der Waals surface area contributed by atoms with Gasteiger partial charge in [-0.15, -0.1) is 0 Å². The average Bonchev–Trinajstić information content (AvgIpc) is 2.01. The molecule has 0 bridgehead atoms. The van der Waals surface area contributed by atoms with E-state index in [4.69, 9.17) is 0 Å². The Hall–Kier alpha value is -1.51. The second kappa shape index (κ2) is 3.76. The smallest absolute Gasteiger partial charge is 0.329 e. The summed E-state index contributed by atoms with van der Waals surface area (Å²) in [5.41, 5.74) is 4.44. The van der Waals surface area contributed by atoms with Gasteiger partial charge in [-0.1, -0.05) is 12.1 Å². The third-order valence-electron chi connectivity index (χ3n) is 1.33. The summed E-state index contributed by atoms with van der Waals surface area (Å²) in [5.74, 6) is -0.350. The van der Waals surface area contributed by atoms with Crippen LogP contribution in [0.4, 0.5) is 5.69 Å². The summed E-state index contributed by atoms with van der Waals surface area (Å²) < 4.78 is 0. The van der Waals surface area contributed by atoms with Gasteiger partial charge in [0.25, 0.3) is 0 Å². The van der Waals surface area contributed by atoms with Crippen molar-refractivity contribution in [2.75, 3.05) is 5.48 Å². The highest BCUT2D eigenvalue weighted by Crippen LogP contribution is 2.08. The summed E-state index contributed by atoms with van der Waals surface area (Å²) >= 11 is 0. The molecule has 64 valence electrons. The van der Waals surface area contributed by atoms with Gasteiger partial charge >= 0.3 is 5.97 Å². The molecule has 1 aromatic carbocycles. The first-order chi connectivity index (χ1) is 5.68. The van der Waals surface area contributed by atoms with Crippen LogP contribution < -0.4 is 5.48 Å². The molecule has 1 rings (SSSR count).